The Balaban J connectivity index is 2.39. The van der Waals surface area contributed by atoms with Crippen LogP contribution in [0, 0.1) is 32.1 Å². The first-order chi connectivity index (χ1) is 8.13. The van der Waals surface area contributed by atoms with Gasteiger partial charge in [-0.15, -0.1) is 0 Å². The summed E-state index contributed by atoms with van der Waals surface area (Å²) in [5.41, 5.74) is 5.75. The van der Waals surface area contributed by atoms with Gasteiger partial charge < -0.3 is 4.57 Å². The highest BCUT2D eigenvalue weighted by Gasteiger charge is 2.07. The molecule has 0 saturated carbocycles. The summed E-state index contributed by atoms with van der Waals surface area (Å²) in [5.74, 6) is 0. The van der Waals surface area contributed by atoms with Crippen LogP contribution in [0.25, 0.3) is 0 Å². The van der Waals surface area contributed by atoms with Gasteiger partial charge in [0.05, 0.1) is 11.6 Å². The third-order valence-electron chi connectivity index (χ3n) is 3.39. The van der Waals surface area contributed by atoms with E-state index in [2.05, 4.69) is 37.6 Å². The zero-order chi connectivity index (χ0) is 12.4. The molecule has 0 amide bonds. The van der Waals surface area contributed by atoms with Gasteiger partial charge in [0, 0.05) is 18.4 Å². The van der Waals surface area contributed by atoms with Gasteiger partial charge in [-0.05, 0) is 43.5 Å². The highest BCUT2D eigenvalue weighted by Crippen LogP contribution is 2.17. The number of nitriles is 1. The molecule has 0 fully saturated rings. The molecule has 1 aromatic carbocycles. The van der Waals surface area contributed by atoms with Crippen molar-refractivity contribution >= 4 is 0 Å². The van der Waals surface area contributed by atoms with Gasteiger partial charge in [0.1, 0.15) is 0 Å². The maximum absolute atomic E-state index is 9.07. The Morgan fingerprint density at radius 2 is 1.88 bits per heavy atom. The summed E-state index contributed by atoms with van der Waals surface area (Å²) in [6, 6.07) is 10.0. The molecule has 0 bridgehead atoms. The zero-order valence-corrected chi connectivity index (χ0v) is 10.5. The third kappa shape index (κ3) is 2.09. The maximum atomic E-state index is 9.07. The van der Waals surface area contributed by atoms with Crippen LogP contribution in [0.5, 0.6) is 0 Å². The van der Waals surface area contributed by atoms with Gasteiger partial charge >= 0.3 is 0 Å². The Bertz CT molecular complexity index is 585. The topological polar surface area (TPSA) is 28.7 Å². The molecule has 0 N–H and O–H groups in total. The maximum Gasteiger partial charge on any atom is 0.0995 e. The van der Waals surface area contributed by atoms with Crippen LogP contribution < -0.4 is 0 Å². The highest BCUT2D eigenvalue weighted by atomic mass is 15.0. The Kier molecular flexibility index (Phi) is 3.01. The van der Waals surface area contributed by atoms with Gasteiger partial charge in [-0.3, -0.25) is 0 Å². The van der Waals surface area contributed by atoms with E-state index < -0.39 is 0 Å². The summed E-state index contributed by atoms with van der Waals surface area (Å²) < 4.78 is 2.21. The first kappa shape index (κ1) is 11.5. The smallest absolute Gasteiger partial charge is 0.0995 e. The lowest BCUT2D eigenvalue weighted by molar-refractivity contribution is 0.771. The Morgan fingerprint density at radius 3 is 2.47 bits per heavy atom. The summed E-state index contributed by atoms with van der Waals surface area (Å²) in [6.45, 7) is 7.15. The van der Waals surface area contributed by atoms with Crippen LogP contribution in [0.4, 0.5) is 0 Å². The monoisotopic (exact) mass is 224 g/mol. The first-order valence-corrected chi connectivity index (χ1v) is 5.74. The van der Waals surface area contributed by atoms with Crippen molar-refractivity contribution in [3.8, 4) is 6.07 Å². The lowest BCUT2D eigenvalue weighted by Gasteiger charge is -2.08. The molecule has 2 aromatic rings. The van der Waals surface area contributed by atoms with E-state index in [0.717, 1.165) is 17.7 Å². The predicted molar refractivity (Wildman–Crippen MR) is 68.9 cm³/mol. The van der Waals surface area contributed by atoms with E-state index >= 15 is 0 Å². The second-order valence-electron chi connectivity index (χ2n) is 4.42. The molecule has 0 unspecified atom stereocenters. The van der Waals surface area contributed by atoms with Gasteiger partial charge in [-0.25, -0.2) is 0 Å². The largest absolute Gasteiger partial charge is 0.347 e. The number of aromatic nitrogens is 1. The van der Waals surface area contributed by atoms with Crippen LogP contribution >= 0.6 is 0 Å². The SMILES string of the molecule is Cc1cn(Cc2ccccc2C#N)c(C)c1C. The van der Waals surface area contributed by atoms with E-state index in [-0.39, 0.29) is 0 Å². The molecule has 1 heterocycles. The van der Waals surface area contributed by atoms with Crippen LogP contribution in [0.3, 0.4) is 0 Å². The molecular formula is C15H16N2. The van der Waals surface area contributed by atoms with E-state index in [0.29, 0.717) is 0 Å². The number of hydrogen-bond acceptors (Lipinski definition) is 1. The van der Waals surface area contributed by atoms with Crippen molar-refractivity contribution in [1.82, 2.24) is 4.57 Å². The second-order valence-corrected chi connectivity index (χ2v) is 4.42. The fourth-order valence-corrected chi connectivity index (χ4v) is 2.04. The molecule has 0 spiro atoms. The van der Waals surface area contributed by atoms with Crippen molar-refractivity contribution in [2.45, 2.75) is 27.3 Å². The number of benzene rings is 1. The minimum absolute atomic E-state index is 0.760. The average Bonchev–Trinajstić information content (AvgIpc) is 2.58. The quantitative estimate of drug-likeness (QED) is 0.769. The molecule has 0 radical (unpaired) electrons. The highest BCUT2D eigenvalue weighted by molar-refractivity contribution is 5.38. The van der Waals surface area contributed by atoms with Crippen LogP contribution in [-0.4, -0.2) is 4.57 Å². The van der Waals surface area contributed by atoms with E-state index in [4.69, 9.17) is 5.26 Å². The molecule has 0 atom stereocenters. The molecule has 0 aliphatic rings. The molecule has 1 aromatic heterocycles. The van der Waals surface area contributed by atoms with Crippen molar-refractivity contribution in [2.24, 2.45) is 0 Å². The van der Waals surface area contributed by atoms with Crippen LogP contribution in [-0.2, 0) is 6.54 Å². The van der Waals surface area contributed by atoms with Crippen LogP contribution in [0.15, 0.2) is 30.5 Å². The minimum atomic E-state index is 0.760. The number of nitrogens with zero attached hydrogens (tertiary/aromatic N) is 2. The van der Waals surface area contributed by atoms with E-state index in [9.17, 15) is 0 Å². The normalized spacial score (nSPS) is 10.2. The third-order valence-corrected chi connectivity index (χ3v) is 3.39. The van der Waals surface area contributed by atoms with Crippen molar-refractivity contribution in [1.29, 1.82) is 5.26 Å². The minimum Gasteiger partial charge on any atom is -0.347 e. The summed E-state index contributed by atoms with van der Waals surface area (Å²) in [5, 5.41) is 9.07. The van der Waals surface area contributed by atoms with Gasteiger partial charge in [0.15, 0.2) is 0 Å². The molecule has 2 heteroatoms. The molecule has 2 rings (SSSR count). The number of hydrogen-bond donors (Lipinski definition) is 0. The van der Waals surface area contributed by atoms with Crippen LogP contribution in [0.2, 0.25) is 0 Å². The van der Waals surface area contributed by atoms with Gasteiger partial charge in [-0.1, -0.05) is 18.2 Å². The second kappa shape index (κ2) is 4.47. The fraction of sp³-hybridized carbons (Fsp3) is 0.267. The summed E-state index contributed by atoms with van der Waals surface area (Å²) in [7, 11) is 0. The molecule has 86 valence electrons. The molecule has 0 aliphatic carbocycles. The van der Waals surface area contributed by atoms with E-state index in [1.165, 1.54) is 16.8 Å². The number of aryl methyl sites for hydroxylation is 1. The Labute approximate surface area is 102 Å². The fourth-order valence-electron chi connectivity index (χ4n) is 2.04. The first-order valence-electron chi connectivity index (χ1n) is 5.74. The zero-order valence-electron chi connectivity index (χ0n) is 10.5. The lowest BCUT2D eigenvalue weighted by Crippen LogP contribution is -2.02. The predicted octanol–water partition coefficient (Wildman–Crippen LogP) is 3.33. The van der Waals surface area contributed by atoms with Crippen molar-refractivity contribution in [3.05, 3.63) is 58.4 Å². The lowest BCUT2D eigenvalue weighted by atomic mass is 10.1. The molecular weight excluding hydrogens is 208 g/mol. The summed E-state index contributed by atoms with van der Waals surface area (Å²) >= 11 is 0. The van der Waals surface area contributed by atoms with Crippen LogP contribution in [0.1, 0.15) is 27.9 Å². The van der Waals surface area contributed by atoms with Crippen molar-refractivity contribution in [3.63, 3.8) is 0 Å². The molecule has 0 aliphatic heterocycles. The molecule has 2 nitrogen and oxygen atoms in total. The van der Waals surface area contributed by atoms with Crippen molar-refractivity contribution < 1.29 is 0 Å². The van der Waals surface area contributed by atoms with E-state index in [1.54, 1.807) is 0 Å². The Hall–Kier alpha value is -2.01. The van der Waals surface area contributed by atoms with E-state index in [1.807, 2.05) is 24.3 Å². The number of rotatable bonds is 2. The van der Waals surface area contributed by atoms with Crippen molar-refractivity contribution in [2.75, 3.05) is 0 Å². The van der Waals surface area contributed by atoms with Gasteiger partial charge in [-0.2, -0.15) is 5.26 Å². The average molecular weight is 224 g/mol. The molecule has 17 heavy (non-hydrogen) atoms. The standard InChI is InChI=1S/C15H16N2/c1-11-9-17(13(3)12(11)2)10-15-7-5-4-6-14(15)8-16/h4-7,9H,10H2,1-3H3. The van der Waals surface area contributed by atoms with Gasteiger partial charge in [0.25, 0.3) is 0 Å². The summed E-state index contributed by atoms with van der Waals surface area (Å²) in [4.78, 5) is 0. The van der Waals surface area contributed by atoms with Gasteiger partial charge in [0.2, 0.25) is 0 Å². The summed E-state index contributed by atoms with van der Waals surface area (Å²) in [6.07, 6.45) is 2.15. The molecule has 0 saturated heterocycles. The Morgan fingerprint density at radius 1 is 1.18 bits per heavy atom.